The van der Waals surface area contributed by atoms with Gasteiger partial charge in [-0.3, -0.25) is 10.1 Å². The van der Waals surface area contributed by atoms with E-state index < -0.39 is 4.92 Å². The molecule has 0 spiro atoms. The van der Waals surface area contributed by atoms with Crippen molar-refractivity contribution in [2.24, 2.45) is 0 Å². The Kier molecular flexibility index (Phi) is 5.93. The van der Waals surface area contributed by atoms with Gasteiger partial charge >= 0.3 is 5.69 Å². The summed E-state index contributed by atoms with van der Waals surface area (Å²) < 4.78 is 6.16. The second-order valence-corrected chi connectivity index (χ2v) is 4.38. The number of nitro benzene ring substituents is 1. The Labute approximate surface area is 108 Å². The molecule has 1 aromatic rings. The smallest absolute Gasteiger partial charge is 0.310 e. The van der Waals surface area contributed by atoms with Crippen LogP contribution in [-0.2, 0) is 0 Å². The largest absolute Gasteiger partial charge is 0.485 e. The van der Waals surface area contributed by atoms with Crippen molar-refractivity contribution in [2.75, 3.05) is 19.7 Å². The van der Waals surface area contributed by atoms with Crippen molar-refractivity contribution in [1.29, 1.82) is 0 Å². The molecular formula is C11H15BrN2O3. The maximum atomic E-state index is 10.8. The molecule has 1 rings (SSSR count). The highest BCUT2D eigenvalue weighted by atomic mass is 79.9. The van der Waals surface area contributed by atoms with Gasteiger partial charge in [-0.2, -0.15) is 0 Å². The molecule has 1 N–H and O–H groups in total. The SMILES string of the molecule is CCCNCCOc1cc(Br)ccc1[N+](=O)[O-]. The van der Waals surface area contributed by atoms with Crippen molar-refractivity contribution in [2.45, 2.75) is 13.3 Å². The molecular weight excluding hydrogens is 288 g/mol. The summed E-state index contributed by atoms with van der Waals surface area (Å²) in [7, 11) is 0. The van der Waals surface area contributed by atoms with Crippen LogP contribution < -0.4 is 10.1 Å². The summed E-state index contributed by atoms with van der Waals surface area (Å²) in [4.78, 5) is 10.3. The van der Waals surface area contributed by atoms with Crippen LogP contribution in [0.25, 0.3) is 0 Å². The first-order valence-corrected chi connectivity index (χ1v) is 6.22. The van der Waals surface area contributed by atoms with Gasteiger partial charge in [0, 0.05) is 23.2 Å². The molecule has 0 aliphatic heterocycles. The summed E-state index contributed by atoms with van der Waals surface area (Å²) in [5.41, 5.74) is -0.0105. The van der Waals surface area contributed by atoms with Crippen molar-refractivity contribution in [3.63, 3.8) is 0 Å². The van der Waals surface area contributed by atoms with E-state index in [0.29, 0.717) is 18.9 Å². The van der Waals surface area contributed by atoms with E-state index in [4.69, 9.17) is 4.74 Å². The fourth-order valence-electron chi connectivity index (χ4n) is 1.29. The van der Waals surface area contributed by atoms with Crippen LogP contribution in [0.15, 0.2) is 22.7 Å². The van der Waals surface area contributed by atoms with E-state index in [1.54, 1.807) is 12.1 Å². The molecule has 94 valence electrons. The molecule has 0 aromatic heterocycles. The fraction of sp³-hybridized carbons (Fsp3) is 0.455. The zero-order valence-corrected chi connectivity index (χ0v) is 11.2. The number of hydrogen-bond donors (Lipinski definition) is 1. The Morgan fingerprint density at radius 1 is 1.47 bits per heavy atom. The number of benzene rings is 1. The van der Waals surface area contributed by atoms with Crippen molar-refractivity contribution in [3.05, 3.63) is 32.8 Å². The lowest BCUT2D eigenvalue weighted by molar-refractivity contribution is -0.385. The number of halogens is 1. The van der Waals surface area contributed by atoms with Crippen molar-refractivity contribution in [1.82, 2.24) is 5.32 Å². The lowest BCUT2D eigenvalue weighted by atomic mass is 10.3. The third-order valence-corrected chi connectivity index (χ3v) is 2.57. The monoisotopic (exact) mass is 302 g/mol. The number of ether oxygens (including phenoxy) is 1. The summed E-state index contributed by atoms with van der Waals surface area (Å²) in [6, 6.07) is 4.66. The van der Waals surface area contributed by atoms with E-state index in [-0.39, 0.29) is 5.69 Å². The number of rotatable bonds is 7. The van der Waals surface area contributed by atoms with E-state index in [2.05, 4.69) is 28.2 Å². The first kappa shape index (κ1) is 13.9. The van der Waals surface area contributed by atoms with Crippen LogP contribution in [0.1, 0.15) is 13.3 Å². The minimum Gasteiger partial charge on any atom is -0.485 e. The van der Waals surface area contributed by atoms with E-state index >= 15 is 0 Å². The third kappa shape index (κ3) is 4.70. The molecule has 0 unspecified atom stereocenters. The zero-order chi connectivity index (χ0) is 12.7. The topological polar surface area (TPSA) is 64.4 Å². The minimum atomic E-state index is -0.443. The Hall–Kier alpha value is -1.14. The summed E-state index contributed by atoms with van der Waals surface area (Å²) in [6.45, 7) is 4.09. The van der Waals surface area contributed by atoms with Crippen LogP contribution in [-0.4, -0.2) is 24.6 Å². The van der Waals surface area contributed by atoms with Gasteiger partial charge in [0.05, 0.1) is 4.92 Å². The van der Waals surface area contributed by atoms with Crippen LogP contribution >= 0.6 is 15.9 Å². The zero-order valence-electron chi connectivity index (χ0n) is 9.61. The van der Waals surface area contributed by atoms with Gasteiger partial charge in [-0.25, -0.2) is 0 Å². The quantitative estimate of drug-likeness (QED) is 0.478. The molecule has 0 atom stereocenters. The maximum Gasteiger partial charge on any atom is 0.310 e. The summed E-state index contributed by atoms with van der Waals surface area (Å²) >= 11 is 3.26. The lowest BCUT2D eigenvalue weighted by Crippen LogP contribution is -2.21. The molecule has 17 heavy (non-hydrogen) atoms. The first-order valence-electron chi connectivity index (χ1n) is 5.42. The standard InChI is InChI=1S/C11H15BrN2O3/c1-2-5-13-6-7-17-11-8-9(12)3-4-10(11)14(15)16/h3-4,8,13H,2,5-7H2,1H3. The van der Waals surface area contributed by atoms with Crippen LogP contribution in [0.5, 0.6) is 5.75 Å². The predicted octanol–water partition coefficient (Wildman–Crippen LogP) is 2.74. The Bertz CT molecular complexity index is 385. The molecule has 1 aromatic carbocycles. The molecule has 0 aliphatic rings. The van der Waals surface area contributed by atoms with E-state index in [9.17, 15) is 10.1 Å². The van der Waals surface area contributed by atoms with Gasteiger partial charge in [-0.15, -0.1) is 0 Å². The van der Waals surface area contributed by atoms with Crippen molar-refractivity contribution in [3.8, 4) is 5.75 Å². The number of hydrogen-bond acceptors (Lipinski definition) is 4. The predicted molar refractivity (Wildman–Crippen MR) is 69.5 cm³/mol. The number of nitrogens with zero attached hydrogens (tertiary/aromatic N) is 1. The van der Waals surface area contributed by atoms with Crippen LogP contribution in [0.2, 0.25) is 0 Å². The van der Waals surface area contributed by atoms with E-state index in [1.807, 2.05) is 0 Å². The third-order valence-electron chi connectivity index (χ3n) is 2.08. The molecule has 0 amide bonds. The Morgan fingerprint density at radius 3 is 2.88 bits per heavy atom. The summed E-state index contributed by atoms with van der Waals surface area (Å²) in [5, 5.41) is 13.9. The summed E-state index contributed by atoms with van der Waals surface area (Å²) in [5.74, 6) is 0.294. The van der Waals surface area contributed by atoms with Crippen molar-refractivity contribution >= 4 is 21.6 Å². The van der Waals surface area contributed by atoms with Gasteiger partial charge in [0.2, 0.25) is 0 Å². The highest BCUT2D eigenvalue weighted by Crippen LogP contribution is 2.29. The average Bonchev–Trinajstić information content (AvgIpc) is 2.28. The number of nitro groups is 1. The van der Waals surface area contributed by atoms with Gasteiger partial charge in [-0.05, 0) is 19.0 Å². The second-order valence-electron chi connectivity index (χ2n) is 3.47. The normalized spacial score (nSPS) is 10.2. The van der Waals surface area contributed by atoms with Crippen LogP contribution in [0, 0.1) is 10.1 Å². The molecule has 0 saturated carbocycles. The van der Waals surface area contributed by atoms with Gasteiger partial charge < -0.3 is 10.1 Å². The molecule has 0 heterocycles. The minimum absolute atomic E-state index is 0.0105. The fourth-order valence-corrected chi connectivity index (χ4v) is 1.63. The summed E-state index contributed by atoms with van der Waals surface area (Å²) in [6.07, 6.45) is 1.05. The molecule has 0 saturated heterocycles. The van der Waals surface area contributed by atoms with Gasteiger partial charge in [0.1, 0.15) is 6.61 Å². The lowest BCUT2D eigenvalue weighted by Gasteiger charge is -2.07. The van der Waals surface area contributed by atoms with Gasteiger partial charge in [0.15, 0.2) is 5.75 Å². The first-order chi connectivity index (χ1) is 8.15. The number of nitrogens with one attached hydrogen (secondary N) is 1. The van der Waals surface area contributed by atoms with Crippen LogP contribution in [0.4, 0.5) is 5.69 Å². The molecule has 0 radical (unpaired) electrons. The maximum absolute atomic E-state index is 10.8. The van der Waals surface area contributed by atoms with Gasteiger partial charge in [0.25, 0.3) is 0 Å². The molecule has 6 heteroatoms. The van der Waals surface area contributed by atoms with Gasteiger partial charge in [-0.1, -0.05) is 22.9 Å². The van der Waals surface area contributed by atoms with Crippen LogP contribution in [0.3, 0.4) is 0 Å². The highest BCUT2D eigenvalue weighted by Gasteiger charge is 2.14. The Morgan fingerprint density at radius 2 is 2.24 bits per heavy atom. The van der Waals surface area contributed by atoms with Crippen molar-refractivity contribution < 1.29 is 9.66 Å². The Balaban J connectivity index is 2.56. The van der Waals surface area contributed by atoms with E-state index in [0.717, 1.165) is 17.4 Å². The second kappa shape index (κ2) is 7.24. The molecule has 0 bridgehead atoms. The van der Waals surface area contributed by atoms with E-state index in [1.165, 1.54) is 6.07 Å². The average molecular weight is 303 g/mol. The molecule has 0 aliphatic carbocycles. The highest BCUT2D eigenvalue weighted by molar-refractivity contribution is 9.10. The molecule has 5 nitrogen and oxygen atoms in total. The molecule has 0 fully saturated rings.